The fourth-order valence-electron chi connectivity index (χ4n) is 1.97. The van der Waals surface area contributed by atoms with E-state index in [-0.39, 0.29) is 5.91 Å². The number of carbonyl (C=O) groups is 1. The Balaban J connectivity index is 1.73. The number of nitrogens with one attached hydrogen (secondary N) is 1. The van der Waals surface area contributed by atoms with Crippen molar-refractivity contribution < 1.29 is 4.79 Å². The van der Waals surface area contributed by atoms with Crippen LogP contribution in [0.15, 0.2) is 54.7 Å². The molecule has 5 heteroatoms. The molecule has 0 aliphatic carbocycles. The van der Waals surface area contributed by atoms with Crippen LogP contribution >= 0.6 is 11.6 Å². The lowest BCUT2D eigenvalue weighted by Crippen LogP contribution is -2.23. The average molecular weight is 286 g/mol. The number of aromatic nitrogens is 2. The first-order valence-corrected chi connectivity index (χ1v) is 6.57. The molecule has 0 unspecified atom stereocenters. The third kappa shape index (κ3) is 2.65. The average Bonchev–Trinajstić information content (AvgIpc) is 2.89. The SMILES string of the molecule is O=C(NCc1cccc(Cl)c1)c1cc2ccccn2n1. The first kappa shape index (κ1) is 12.7. The maximum atomic E-state index is 12.1. The predicted molar refractivity (Wildman–Crippen MR) is 77.8 cm³/mol. The zero-order valence-corrected chi connectivity index (χ0v) is 11.3. The third-order valence-electron chi connectivity index (χ3n) is 2.94. The Hall–Kier alpha value is -2.33. The van der Waals surface area contributed by atoms with Gasteiger partial charge in [0.2, 0.25) is 0 Å². The molecule has 0 aliphatic heterocycles. The molecule has 3 aromatic rings. The van der Waals surface area contributed by atoms with E-state index in [1.807, 2.05) is 42.6 Å². The summed E-state index contributed by atoms with van der Waals surface area (Å²) >= 11 is 5.90. The van der Waals surface area contributed by atoms with Crippen LogP contribution in [-0.4, -0.2) is 15.5 Å². The number of fused-ring (bicyclic) bond motifs is 1. The molecule has 20 heavy (non-hydrogen) atoms. The molecule has 0 fully saturated rings. The minimum absolute atomic E-state index is 0.200. The van der Waals surface area contributed by atoms with Crippen molar-refractivity contribution in [3.8, 4) is 0 Å². The minimum atomic E-state index is -0.200. The summed E-state index contributed by atoms with van der Waals surface area (Å²) in [6, 6.07) is 14.8. The normalized spacial score (nSPS) is 10.7. The zero-order valence-electron chi connectivity index (χ0n) is 10.6. The lowest BCUT2D eigenvalue weighted by molar-refractivity contribution is 0.0945. The molecule has 4 nitrogen and oxygen atoms in total. The number of nitrogens with zero attached hydrogens (tertiary/aromatic N) is 2. The fraction of sp³-hybridized carbons (Fsp3) is 0.0667. The van der Waals surface area contributed by atoms with Gasteiger partial charge in [0.15, 0.2) is 5.69 Å². The molecule has 1 N–H and O–H groups in total. The summed E-state index contributed by atoms with van der Waals surface area (Å²) in [5, 5.41) is 7.71. The molecule has 0 radical (unpaired) electrons. The van der Waals surface area contributed by atoms with Crippen LogP contribution in [0, 0.1) is 0 Å². The Bertz CT molecular complexity index is 733. The van der Waals surface area contributed by atoms with E-state index in [0.29, 0.717) is 17.3 Å². The van der Waals surface area contributed by atoms with Crippen LogP contribution in [0.2, 0.25) is 5.02 Å². The number of halogens is 1. The Morgan fingerprint density at radius 2 is 2.10 bits per heavy atom. The molecule has 0 atom stereocenters. The number of amides is 1. The van der Waals surface area contributed by atoms with E-state index in [0.717, 1.165) is 11.1 Å². The second-order valence-corrected chi connectivity index (χ2v) is 4.85. The van der Waals surface area contributed by atoms with E-state index in [2.05, 4.69) is 10.4 Å². The molecule has 1 aromatic carbocycles. The minimum Gasteiger partial charge on any atom is -0.347 e. The van der Waals surface area contributed by atoms with E-state index >= 15 is 0 Å². The van der Waals surface area contributed by atoms with Crippen molar-refractivity contribution in [2.75, 3.05) is 0 Å². The number of benzene rings is 1. The fourth-order valence-corrected chi connectivity index (χ4v) is 2.18. The van der Waals surface area contributed by atoms with Crippen LogP contribution in [0.1, 0.15) is 16.1 Å². The molecular formula is C15H12ClN3O. The Morgan fingerprint density at radius 1 is 1.20 bits per heavy atom. The number of hydrogen-bond donors (Lipinski definition) is 1. The Labute approximate surface area is 121 Å². The lowest BCUT2D eigenvalue weighted by atomic mass is 10.2. The summed E-state index contributed by atoms with van der Waals surface area (Å²) in [5.74, 6) is -0.200. The standard InChI is InChI=1S/C15H12ClN3O/c16-12-5-3-4-11(8-12)10-17-15(20)14-9-13-6-1-2-7-19(13)18-14/h1-9H,10H2,(H,17,20). The summed E-state index contributed by atoms with van der Waals surface area (Å²) in [4.78, 5) is 12.1. The first-order chi connectivity index (χ1) is 9.72. The van der Waals surface area contributed by atoms with E-state index < -0.39 is 0 Å². The van der Waals surface area contributed by atoms with Gasteiger partial charge in [-0.15, -0.1) is 0 Å². The highest BCUT2D eigenvalue weighted by molar-refractivity contribution is 6.30. The number of carbonyl (C=O) groups excluding carboxylic acids is 1. The topological polar surface area (TPSA) is 46.4 Å². The van der Waals surface area contributed by atoms with E-state index in [9.17, 15) is 4.79 Å². The quantitative estimate of drug-likeness (QED) is 0.804. The van der Waals surface area contributed by atoms with Gasteiger partial charge in [-0.3, -0.25) is 4.79 Å². The van der Waals surface area contributed by atoms with Gasteiger partial charge in [0.1, 0.15) is 0 Å². The van der Waals surface area contributed by atoms with Crippen molar-refractivity contribution in [1.29, 1.82) is 0 Å². The van der Waals surface area contributed by atoms with Crippen molar-refractivity contribution in [2.24, 2.45) is 0 Å². The van der Waals surface area contributed by atoms with Crippen molar-refractivity contribution in [2.45, 2.75) is 6.54 Å². The van der Waals surface area contributed by atoms with Crippen LogP contribution in [0.4, 0.5) is 0 Å². The maximum Gasteiger partial charge on any atom is 0.272 e. The summed E-state index contributed by atoms with van der Waals surface area (Å²) in [5.41, 5.74) is 2.24. The molecule has 0 saturated heterocycles. The Morgan fingerprint density at radius 3 is 2.90 bits per heavy atom. The van der Waals surface area contributed by atoms with Crippen LogP contribution in [0.3, 0.4) is 0 Å². The predicted octanol–water partition coefficient (Wildman–Crippen LogP) is 2.92. The monoisotopic (exact) mass is 285 g/mol. The highest BCUT2D eigenvalue weighted by Crippen LogP contribution is 2.11. The van der Waals surface area contributed by atoms with Gasteiger partial charge in [0.25, 0.3) is 5.91 Å². The molecule has 0 aliphatic rings. The molecular weight excluding hydrogens is 274 g/mol. The summed E-state index contributed by atoms with van der Waals surface area (Å²) in [6.45, 7) is 0.424. The van der Waals surface area contributed by atoms with Gasteiger partial charge in [0.05, 0.1) is 5.52 Å². The van der Waals surface area contributed by atoms with Crippen molar-refractivity contribution >= 4 is 23.0 Å². The van der Waals surface area contributed by atoms with Crippen LogP contribution in [0.5, 0.6) is 0 Å². The van der Waals surface area contributed by atoms with Gasteiger partial charge >= 0.3 is 0 Å². The second-order valence-electron chi connectivity index (χ2n) is 4.41. The maximum absolute atomic E-state index is 12.1. The van der Waals surface area contributed by atoms with Gasteiger partial charge in [-0.1, -0.05) is 29.8 Å². The van der Waals surface area contributed by atoms with E-state index in [4.69, 9.17) is 11.6 Å². The molecule has 0 spiro atoms. The van der Waals surface area contributed by atoms with Crippen molar-refractivity contribution in [1.82, 2.24) is 14.9 Å². The lowest BCUT2D eigenvalue weighted by Gasteiger charge is -2.03. The summed E-state index contributed by atoms with van der Waals surface area (Å²) in [6.07, 6.45) is 1.81. The number of rotatable bonds is 3. The van der Waals surface area contributed by atoms with E-state index in [1.165, 1.54) is 0 Å². The van der Waals surface area contributed by atoms with E-state index in [1.54, 1.807) is 16.6 Å². The van der Waals surface area contributed by atoms with Crippen molar-refractivity contribution in [3.05, 3.63) is 71.0 Å². The third-order valence-corrected chi connectivity index (χ3v) is 3.18. The highest BCUT2D eigenvalue weighted by atomic mass is 35.5. The molecule has 2 aromatic heterocycles. The molecule has 100 valence electrons. The van der Waals surface area contributed by atoms with Crippen LogP contribution in [-0.2, 0) is 6.54 Å². The second kappa shape index (κ2) is 5.35. The largest absolute Gasteiger partial charge is 0.347 e. The number of pyridine rings is 1. The summed E-state index contributed by atoms with van der Waals surface area (Å²) in [7, 11) is 0. The Kier molecular flexibility index (Phi) is 3.39. The van der Waals surface area contributed by atoms with Crippen molar-refractivity contribution in [3.63, 3.8) is 0 Å². The molecule has 3 rings (SSSR count). The molecule has 0 bridgehead atoms. The van der Waals surface area contributed by atoms with Gasteiger partial charge in [0, 0.05) is 17.8 Å². The van der Waals surface area contributed by atoms with Crippen LogP contribution < -0.4 is 5.32 Å². The van der Waals surface area contributed by atoms with Gasteiger partial charge in [-0.2, -0.15) is 5.10 Å². The van der Waals surface area contributed by atoms with Crippen LogP contribution in [0.25, 0.3) is 5.52 Å². The highest BCUT2D eigenvalue weighted by Gasteiger charge is 2.10. The molecule has 2 heterocycles. The smallest absolute Gasteiger partial charge is 0.272 e. The molecule has 1 amide bonds. The first-order valence-electron chi connectivity index (χ1n) is 6.19. The zero-order chi connectivity index (χ0) is 13.9. The molecule has 0 saturated carbocycles. The van der Waals surface area contributed by atoms with Gasteiger partial charge < -0.3 is 5.32 Å². The van der Waals surface area contributed by atoms with Gasteiger partial charge in [-0.25, -0.2) is 4.52 Å². The van der Waals surface area contributed by atoms with Gasteiger partial charge in [-0.05, 0) is 35.9 Å². The number of hydrogen-bond acceptors (Lipinski definition) is 2. The summed E-state index contributed by atoms with van der Waals surface area (Å²) < 4.78 is 1.67.